The van der Waals surface area contributed by atoms with Crippen molar-refractivity contribution in [2.24, 2.45) is 5.92 Å². The molecule has 0 spiro atoms. The zero-order valence-electron chi connectivity index (χ0n) is 19.3. The lowest BCUT2D eigenvalue weighted by Gasteiger charge is -2.29. The Bertz CT molecular complexity index is 1230. The first-order valence-electron chi connectivity index (χ1n) is 12.1. The highest BCUT2D eigenvalue weighted by atomic mass is 19.1. The first-order valence-corrected chi connectivity index (χ1v) is 12.1. The Morgan fingerprint density at radius 1 is 1.21 bits per heavy atom. The number of hydrogen-bond donors (Lipinski definition) is 2. The molecule has 6 rings (SSSR count). The van der Waals surface area contributed by atoms with Gasteiger partial charge >= 0.3 is 0 Å². The predicted molar refractivity (Wildman–Crippen MR) is 127 cm³/mol. The molecule has 3 aromatic rings. The fraction of sp³-hybridized carbons (Fsp3) is 0.480. The summed E-state index contributed by atoms with van der Waals surface area (Å²) in [6.07, 6.45) is 4.33. The van der Waals surface area contributed by atoms with E-state index >= 15 is 4.39 Å². The first-order chi connectivity index (χ1) is 16.6. The fourth-order valence-electron chi connectivity index (χ4n) is 4.94. The summed E-state index contributed by atoms with van der Waals surface area (Å²) < 4.78 is 23.6. The zero-order chi connectivity index (χ0) is 23.2. The van der Waals surface area contributed by atoms with Crippen LogP contribution in [0.15, 0.2) is 30.6 Å². The SMILES string of the molecule is C[C@@H](Oc1nc(-c2ccc(N3CCNCC3)c(F)c2)cc2ncn(C3CC3)c12)[C@H]1CNC(=O)C1. The molecule has 1 amide bonds. The van der Waals surface area contributed by atoms with Gasteiger partial charge in [0.05, 0.1) is 23.2 Å². The van der Waals surface area contributed by atoms with Crippen LogP contribution in [0.4, 0.5) is 10.1 Å². The second-order valence-corrected chi connectivity index (χ2v) is 9.56. The lowest BCUT2D eigenvalue weighted by Crippen LogP contribution is -2.43. The maximum absolute atomic E-state index is 15.1. The van der Waals surface area contributed by atoms with Crippen molar-refractivity contribution in [3.63, 3.8) is 0 Å². The van der Waals surface area contributed by atoms with E-state index in [-0.39, 0.29) is 23.7 Å². The molecule has 3 aliphatic rings. The van der Waals surface area contributed by atoms with E-state index in [0.717, 1.165) is 50.1 Å². The van der Waals surface area contributed by atoms with Crippen LogP contribution in [0.2, 0.25) is 0 Å². The van der Waals surface area contributed by atoms with Crippen molar-refractivity contribution < 1.29 is 13.9 Å². The third kappa shape index (κ3) is 3.98. The highest BCUT2D eigenvalue weighted by molar-refractivity contribution is 5.85. The van der Waals surface area contributed by atoms with E-state index in [2.05, 4.69) is 25.1 Å². The number of aromatic nitrogens is 3. The minimum atomic E-state index is -0.254. The first kappa shape index (κ1) is 21.3. The van der Waals surface area contributed by atoms with Gasteiger partial charge in [-0.1, -0.05) is 6.07 Å². The van der Waals surface area contributed by atoms with Crippen LogP contribution in [-0.2, 0) is 4.79 Å². The van der Waals surface area contributed by atoms with Crippen molar-refractivity contribution in [2.45, 2.75) is 38.3 Å². The number of imidazole rings is 1. The monoisotopic (exact) mass is 464 g/mol. The van der Waals surface area contributed by atoms with Crippen LogP contribution in [-0.4, -0.2) is 59.3 Å². The molecule has 8 nitrogen and oxygen atoms in total. The van der Waals surface area contributed by atoms with Gasteiger partial charge in [-0.2, -0.15) is 0 Å². The molecular formula is C25H29FN6O2. The molecule has 2 aliphatic heterocycles. The lowest BCUT2D eigenvalue weighted by molar-refractivity contribution is -0.119. The minimum Gasteiger partial charge on any atom is -0.473 e. The number of nitrogens with zero attached hydrogens (tertiary/aromatic N) is 4. The van der Waals surface area contributed by atoms with E-state index in [9.17, 15) is 4.79 Å². The summed E-state index contributed by atoms with van der Waals surface area (Å²) in [6.45, 7) is 5.85. The summed E-state index contributed by atoms with van der Waals surface area (Å²) in [7, 11) is 0. The maximum Gasteiger partial charge on any atom is 0.241 e. The van der Waals surface area contributed by atoms with Crippen molar-refractivity contribution in [2.75, 3.05) is 37.6 Å². The number of amides is 1. The Kier molecular flexibility index (Phi) is 5.36. The van der Waals surface area contributed by atoms with Crippen LogP contribution in [0, 0.1) is 11.7 Å². The average molecular weight is 465 g/mol. The van der Waals surface area contributed by atoms with Gasteiger partial charge in [-0.25, -0.2) is 14.4 Å². The number of nitrogens with one attached hydrogen (secondary N) is 2. The number of carbonyl (C=O) groups is 1. The van der Waals surface area contributed by atoms with Crippen LogP contribution < -0.4 is 20.3 Å². The van der Waals surface area contributed by atoms with Crippen molar-refractivity contribution >= 4 is 22.6 Å². The van der Waals surface area contributed by atoms with Gasteiger partial charge in [0, 0.05) is 56.7 Å². The molecule has 178 valence electrons. The number of ether oxygens (including phenoxy) is 1. The van der Waals surface area contributed by atoms with Crippen molar-refractivity contribution in [3.8, 4) is 17.1 Å². The molecule has 2 atom stereocenters. The molecule has 0 radical (unpaired) electrons. The zero-order valence-corrected chi connectivity index (χ0v) is 19.3. The number of halogens is 1. The van der Waals surface area contributed by atoms with Gasteiger partial charge < -0.3 is 24.8 Å². The fourth-order valence-corrected chi connectivity index (χ4v) is 4.94. The molecule has 2 saturated heterocycles. The Balaban J connectivity index is 1.36. The Morgan fingerprint density at radius 2 is 2.03 bits per heavy atom. The summed E-state index contributed by atoms with van der Waals surface area (Å²) in [6, 6.07) is 7.63. The quantitative estimate of drug-likeness (QED) is 0.584. The summed E-state index contributed by atoms with van der Waals surface area (Å²) in [5, 5.41) is 6.17. The van der Waals surface area contributed by atoms with E-state index in [1.165, 1.54) is 0 Å². The summed E-state index contributed by atoms with van der Waals surface area (Å²) in [5.74, 6) is 0.378. The second kappa shape index (κ2) is 8.54. The number of pyridine rings is 1. The number of rotatable bonds is 6. The topological polar surface area (TPSA) is 84.3 Å². The van der Waals surface area contributed by atoms with Crippen LogP contribution >= 0.6 is 0 Å². The molecule has 0 unspecified atom stereocenters. The summed E-state index contributed by atoms with van der Waals surface area (Å²) >= 11 is 0. The van der Waals surface area contributed by atoms with Gasteiger partial charge in [0.2, 0.25) is 11.8 Å². The molecule has 1 aromatic carbocycles. The number of piperazine rings is 1. The number of benzene rings is 1. The van der Waals surface area contributed by atoms with Gasteiger partial charge in [0.25, 0.3) is 0 Å². The molecule has 34 heavy (non-hydrogen) atoms. The van der Waals surface area contributed by atoms with E-state index in [1.807, 2.05) is 31.5 Å². The van der Waals surface area contributed by atoms with E-state index in [4.69, 9.17) is 9.72 Å². The third-order valence-corrected chi connectivity index (χ3v) is 7.13. The van der Waals surface area contributed by atoms with E-state index in [0.29, 0.717) is 41.8 Å². The van der Waals surface area contributed by atoms with Gasteiger partial charge in [0.15, 0.2) is 0 Å². The molecule has 1 saturated carbocycles. The normalized spacial score (nSPS) is 21.6. The largest absolute Gasteiger partial charge is 0.473 e. The Morgan fingerprint density at radius 3 is 2.74 bits per heavy atom. The lowest BCUT2D eigenvalue weighted by atomic mass is 10.0. The molecule has 1 aliphatic carbocycles. The smallest absolute Gasteiger partial charge is 0.241 e. The van der Waals surface area contributed by atoms with Gasteiger partial charge in [-0.05, 0) is 38.0 Å². The number of fused-ring (bicyclic) bond motifs is 1. The summed E-state index contributed by atoms with van der Waals surface area (Å²) in [4.78, 5) is 23.2. The second-order valence-electron chi connectivity index (χ2n) is 9.56. The van der Waals surface area contributed by atoms with Crippen LogP contribution in [0.5, 0.6) is 5.88 Å². The molecule has 3 fully saturated rings. The van der Waals surface area contributed by atoms with Gasteiger partial charge in [-0.15, -0.1) is 0 Å². The molecule has 4 heterocycles. The minimum absolute atomic E-state index is 0.0513. The van der Waals surface area contributed by atoms with Crippen LogP contribution in [0.25, 0.3) is 22.3 Å². The standard InChI is InChI=1S/C25H29FN6O2/c1-15(17-11-23(33)28-13-17)34-25-24-21(29-14-32(24)18-3-4-18)12-20(30-25)16-2-5-22(19(26)10-16)31-8-6-27-7-9-31/h2,5,10,12,14-15,17-18,27H,3-4,6-9,11,13H2,1H3,(H,28,33)/t15-,17-/m1/s1. The highest BCUT2D eigenvalue weighted by Gasteiger charge is 2.31. The van der Waals surface area contributed by atoms with Crippen molar-refractivity contribution in [1.82, 2.24) is 25.2 Å². The van der Waals surface area contributed by atoms with Gasteiger partial charge in [-0.3, -0.25) is 4.79 Å². The predicted octanol–water partition coefficient (Wildman–Crippen LogP) is 2.89. The number of anilines is 1. The molecule has 0 bridgehead atoms. The van der Waals surface area contributed by atoms with E-state index < -0.39 is 0 Å². The van der Waals surface area contributed by atoms with Gasteiger partial charge in [0.1, 0.15) is 17.4 Å². The van der Waals surface area contributed by atoms with Crippen LogP contribution in [0.1, 0.15) is 32.2 Å². The van der Waals surface area contributed by atoms with Crippen molar-refractivity contribution in [3.05, 3.63) is 36.4 Å². The molecule has 2 aromatic heterocycles. The Hall–Kier alpha value is -3.20. The van der Waals surface area contributed by atoms with E-state index in [1.54, 1.807) is 6.07 Å². The highest BCUT2D eigenvalue weighted by Crippen LogP contribution is 2.40. The summed E-state index contributed by atoms with van der Waals surface area (Å²) in [5.41, 5.74) is 3.59. The average Bonchev–Trinajstić information content (AvgIpc) is 3.44. The number of hydrogen-bond acceptors (Lipinski definition) is 6. The van der Waals surface area contributed by atoms with Crippen molar-refractivity contribution in [1.29, 1.82) is 0 Å². The Labute approximate surface area is 197 Å². The maximum atomic E-state index is 15.1. The third-order valence-electron chi connectivity index (χ3n) is 7.13. The molecule has 9 heteroatoms. The molecular weight excluding hydrogens is 435 g/mol. The number of carbonyl (C=O) groups excluding carboxylic acids is 1. The van der Waals surface area contributed by atoms with Crippen LogP contribution in [0.3, 0.4) is 0 Å². The molecule has 2 N–H and O–H groups in total.